The lowest BCUT2D eigenvalue weighted by Gasteiger charge is -2.30. The number of aliphatic hydroxyl groups excluding tert-OH is 3. The molecule has 0 aliphatic heterocycles. The van der Waals surface area contributed by atoms with Gasteiger partial charge >= 0.3 is 0 Å². The molecule has 0 aliphatic carbocycles. The van der Waals surface area contributed by atoms with Crippen LogP contribution >= 0.6 is 0 Å². The summed E-state index contributed by atoms with van der Waals surface area (Å²) in [7, 11) is -3.01. The lowest BCUT2D eigenvalue weighted by atomic mass is 9.87. The fourth-order valence-electron chi connectivity index (χ4n) is 1.09. The average Bonchev–Trinajstić information content (AvgIpc) is 2.19. The van der Waals surface area contributed by atoms with Gasteiger partial charge in [0, 0.05) is 5.41 Å². The van der Waals surface area contributed by atoms with E-state index in [9.17, 15) is 8.42 Å². The van der Waals surface area contributed by atoms with Gasteiger partial charge in [0.1, 0.15) is 5.37 Å². The minimum Gasteiger partial charge on any atom is -0.396 e. The molecule has 1 unspecified atom stereocenters. The van der Waals surface area contributed by atoms with E-state index >= 15 is 0 Å². The first-order chi connectivity index (χ1) is 6.85. The molecule has 5 N–H and O–H groups in total. The molecule has 92 valence electrons. The van der Waals surface area contributed by atoms with Crippen molar-refractivity contribution in [2.24, 2.45) is 5.41 Å². The molecule has 0 rings (SSSR count). The molecule has 0 aliphatic rings. The molecule has 0 saturated carbocycles. The van der Waals surface area contributed by atoms with Crippen LogP contribution in [0, 0.1) is 5.41 Å². The van der Waals surface area contributed by atoms with Gasteiger partial charge < -0.3 is 20.6 Å². The SMILES string of the molecule is CNC(CC(CO)(CO)CO)S(=O)(=O)O. The van der Waals surface area contributed by atoms with Gasteiger partial charge in [-0.25, -0.2) is 0 Å². The quantitative estimate of drug-likeness (QED) is 0.320. The second-order valence-electron chi connectivity index (χ2n) is 3.47. The first-order valence-corrected chi connectivity index (χ1v) is 5.81. The van der Waals surface area contributed by atoms with Gasteiger partial charge in [0.25, 0.3) is 10.1 Å². The zero-order valence-corrected chi connectivity index (χ0v) is 9.24. The summed E-state index contributed by atoms with van der Waals surface area (Å²) in [5.74, 6) is 0. The molecule has 0 saturated heterocycles. The molecule has 7 nitrogen and oxygen atoms in total. The molecule has 8 heteroatoms. The van der Waals surface area contributed by atoms with Gasteiger partial charge in [-0.05, 0) is 13.5 Å². The number of nitrogens with one attached hydrogen (secondary N) is 1. The minimum atomic E-state index is -4.32. The van der Waals surface area contributed by atoms with Crippen LogP contribution in [0.15, 0.2) is 0 Å². The van der Waals surface area contributed by atoms with Gasteiger partial charge in [-0.2, -0.15) is 8.42 Å². The van der Waals surface area contributed by atoms with Crippen molar-refractivity contribution in [3.8, 4) is 0 Å². The van der Waals surface area contributed by atoms with E-state index in [1.807, 2.05) is 0 Å². The maximum atomic E-state index is 10.8. The van der Waals surface area contributed by atoms with Crippen LogP contribution < -0.4 is 5.32 Å². The molecule has 0 fully saturated rings. The number of hydrogen-bond acceptors (Lipinski definition) is 6. The molecular formula is C7H17NO6S. The first-order valence-electron chi connectivity index (χ1n) is 4.31. The monoisotopic (exact) mass is 243 g/mol. The normalized spacial score (nSPS) is 15.3. The summed E-state index contributed by atoms with van der Waals surface area (Å²) in [4.78, 5) is 0. The number of hydrogen-bond donors (Lipinski definition) is 5. The lowest BCUT2D eigenvalue weighted by molar-refractivity contribution is -0.00267. The third-order valence-electron chi connectivity index (χ3n) is 2.31. The maximum absolute atomic E-state index is 10.8. The molecule has 0 aromatic carbocycles. The maximum Gasteiger partial charge on any atom is 0.281 e. The molecule has 0 amide bonds. The molecule has 1 atom stereocenters. The first kappa shape index (κ1) is 14.8. The van der Waals surface area contributed by atoms with Gasteiger partial charge in [0.15, 0.2) is 0 Å². The highest BCUT2D eigenvalue weighted by molar-refractivity contribution is 7.86. The summed E-state index contributed by atoms with van der Waals surface area (Å²) in [5.41, 5.74) is -1.33. The fourth-order valence-corrected chi connectivity index (χ4v) is 1.96. The molecule has 0 spiro atoms. The molecule has 0 bridgehead atoms. The van der Waals surface area contributed by atoms with Crippen molar-refractivity contribution in [2.75, 3.05) is 26.9 Å². The average molecular weight is 243 g/mol. The van der Waals surface area contributed by atoms with Crippen LogP contribution in [0.4, 0.5) is 0 Å². The van der Waals surface area contributed by atoms with Gasteiger partial charge in [-0.15, -0.1) is 0 Å². The molecule has 0 radical (unpaired) electrons. The largest absolute Gasteiger partial charge is 0.396 e. The zero-order chi connectivity index (χ0) is 12.1. The standard InChI is InChI=1S/C7H17NO6S/c1-8-6(15(12,13)14)2-7(3-9,4-10)5-11/h6,8-11H,2-5H2,1H3,(H,12,13,14). The van der Waals surface area contributed by atoms with E-state index in [0.29, 0.717) is 0 Å². The van der Waals surface area contributed by atoms with E-state index in [1.54, 1.807) is 0 Å². The Morgan fingerprint density at radius 3 is 1.80 bits per heavy atom. The topological polar surface area (TPSA) is 127 Å². The zero-order valence-electron chi connectivity index (χ0n) is 8.42. The third kappa shape index (κ3) is 4.01. The summed E-state index contributed by atoms with van der Waals surface area (Å²) in [6.07, 6.45) is -0.286. The molecule has 0 heterocycles. The lowest BCUT2D eigenvalue weighted by Crippen LogP contribution is -2.44. The van der Waals surface area contributed by atoms with Crippen LogP contribution in [0.5, 0.6) is 0 Å². The van der Waals surface area contributed by atoms with Crippen molar-refractivity contribution < 1.29 is 28.3 Å². The number of aliphatic hydroxyl groups is 3. The molecular weight excluding hydrogens is 226 g/mol. The Kier molecular flexibility index (Phi) is 5.63. The van der Waals surface area contributed by atoms with Crippen LogP contribution in [-0.2, 0) is 10.1 Å². The highest BCUT2D eigenvalue weighted by atomic mass is 32.2. The summed E-state index contributed by atoms with van der Waals surface area (Å²) >= 11 is 0. The molecule has 0 aromatic rings. The Labute approximate surface area is 88.5 Å². The highest BCUT2D eigenvalue weighted by Crippen LogP contribution is 2.23. The van der Waals surface area contributed by atoms with E-state index in [4.69, 9.17) is 19.9 Å². The van der Waals surface area contributed by atoms with E-state index in [0.717, 1.165) is 0 Å². The van der Waals surface area contributed by atoms with E-state index in [1.165, 1.54) is 7.05 Å². The van der Waals surface area contributed by atoms with Crippen molar-refractivity contribution in [3.05, 3.63) is 0 Å². The Hall–Kier alpha value is -0.250. The summed E-state index contributed by atoms with van der Waals surface area (Å²) in [6, 6.07) is 0. The highest BCUT2D eigenvalue weighted by Gasteiger charge is 2.35. The van der Waals surface area contributed by atoms with Crippen molar-refractivity contribution >= 4 is 10.1 Å². The van der Waals surface area contributed by atoms with Crippen molar-refractivity contribution in [3.63, 3.8) is 0 Å². The van der Waals surface area contributed by atoms with Gasteiger partial charge in [-0.1, -0.05) is 0 Å². The van der Waals surface area contributed by atoms with Crippen LogP contribution in [0.3, 0.4) is 0 Å². The Bertz CT molecular complexity index is 265. The van der Waals surface area contributed by atoms with E-state index < -0.39 is 40.7 Å². The predicted molar refractivity (Wildman–Crippen MR) is 52.7 cm³/mol. The van der Waals surface area contributed by atoms with Crippen LogP contribution in [0.25, 0.3) is 0 Å². The van der Waals surface area contributed by atoms with Crippen molar-refractivity contribution in [1.29, 1.82) is 0 Å². The van der Waals surface area contributed by atoms with Gasteiger partial charge in [-0.3, -0.25) is 4.55 Å². The second-order valence-corrected chi connectivity index (χ2v) is 5.07. The second kappa shape index (κ2) is 5.73. The summed E-state index contributed by atoms with van der Waals surface area (Å²) in [6.45, 7) is -1.73. The van der Waals surface area contributed by atoms with E-state index in [2.05, 4.69) is 5.32 Å². The summed E-state index contributed by atoms with van der Waals surface area (Å²) in [5, 5.41) is 27.9. The van der Waals surface area contributed by atoms with Crippen LogP contribution in [0.1, 0.15) is 6.42 Å². The fraction of sp³-hybridized carbons (Fsp3) is 1.00. The Morgan fingerprint density at radius 2 is 1.60 bits per heavy atom. The molecule has 0 aromatic heterocycles. The van der Waals surface area contributed by atoms with Gasteiger partial charge in [0.05, 0.1) is 19.8 Å². The smallest absolute Gasteiger partial charge is 0.281 e. The number of rotatable bonds is 7. The minimum absolute atomic E-state index is 0.286. The Morgan fingerprint density at radius 1 is 1.20 bits per heavy atom. The summed E-state index contributed by atoms with van der Waals surface area (Å²) < 4.78 is 30.5. The van der Waals surface area contributed by atoms with Crippen molar-refractivity contribution in [1.82, 2.24) is 5.32 Å². The van der Waals surface area contributed by atoms with Crippen molar-refractivity contribution in [2.45, 2.75) is 11.8 Å². The predicted octanol–water partition coefficient (Wildman–Crippen LogP) is -2.23. The van der Waals surface area contributed by atoms with E-state index in [-0.39, 0.29) is 6.42 Å². The van der Waals surface area contributed by atoms with Gasteiger partial charge in [0.2, 0.25) is 0 Å². The van der Waals surface area contributed by atoms with Crippen LogP contribution in [-0.4, -0.2) is 60.5 Å². The molecule has 15 heavy (non-hydrogen) atoms. The van der Waals surface area contributed by atoms with Crippen LogP contribution in [0.2, 0.25) is 0 Å². The Balaban J connectivity index is 4.79. The third-order valence-corrected chi connectivity index (χ3v) is 3.43.